The Morgan fingerprint density at radius 1 is 1.22 bits per heavy atom. The number of esters is 2. The average molecular weight is 437 g/mol. The van der Waals surface area contributed by atoms with Gasteiger partial charge >= 0.3 is 11.9 Å². The number of hydrogen-bond acceptors (Lipinski definition) is 8. The molecule has 0 bridgehead atoms. The summed E-state index contributed by atoms with van der Waals surface area (Å²) in [7, 11) is 0. The van der Waals surface area contributed by atoms with Crippen LogP contribution in [0.4, 0.5) is 0 Å². The van der Waals surface area contributed by atoms with Crippen LogP contribution >= 0.6 is 0 Å². The monoisotopic (exact) mass is 437 g/mol. The Balaban J connectivity index is 1.47. The largest absolute Gasteiger partial charge is 0.502 e. The van der Waals surface area contributed by atoms with E-state index in [9.17, 15) is 14.7 Å². The summed E-state index contributed by atoms with van der Waals surface area (Å²) in [5.74, 6) is -0.508. The van der Waals surface area contributed by atoms with Crippen molar-refractivity contribution >= 4 is 18.7 Å². The molecular formula is C24H23NO7. The van der Waals surface area contributed by atoms with Crippen LogP contribution in [0.1, 0.15) is 48.0 Å². The molecule has 3 aliphatic rings. The van der Waals surface area contributed by atoms with E-state index >= 15 is 0 Å². The van der Waals surface area contributed by atoms with E-state index < -0.39 is 11.6 Å². The Morgan fingerprint density at radius 2 is 2.00 bits per heavy atom. The number of benzene rings is 2. The first kappa shape index (κ1) is 20.4. The van der Waals surface area contributed by atoms with Gasteiger partial charge in [0.15, 0.2) is 5.75 Å². The number of phenols is 1. The number of carbonyl (C=O) groups excluding carboxylic acids is 2. The Morgan fingerprint density at radius 3 is 2.69 bits per heavy atom. The molecule has 32 heavy (non-hydrogen) atoms. The molecule has 8 nitrogen and oxygen atoms in total. The third-order valence-corrected chi connectivity index (χ3v) is 6.30. The van der Waals surface area contributed by atoms with Gasteiger partial charge in [-0.25, -0.2) is 9.59 Å². The molecule has 8 heteroatoms. The summed E-state index contributed by atoms with van der Waals surface area (Å²) in [5, 5.41) is 14.2. The lowest BCUT2D eigenvalue weighted by Gasteiger charge is -2.26. The van der Waals surface area contributed by atoms with E-state index in [2.05, 4.69) is 11.9 Å². The van der Waals surface area contributed by atoms with Gasteiger partial charge < -0.3 is 24.2 Å². The minimum Gasteiger partial charge on any atom is -0.502 e. The summed E-state index contributed by atoms with van der Waals surface area (Å²) in [6.45, 7) is 3.86. The minimum atomic E-state index is -1.13. The molecule has 0 aromatic heterocycles. The number of cyclic esters (lactones) is 1. The molecule has 0 atom stereocenters. The van der Waals surface area contributed by atoms with Crippen LogP contribution < -0.4 is 9.57 Å². The second kappa shape index (κ2) is 7.85. The Bertz CT molecular complexity index is 1100. The van der Waals surface area contributed by atoms with Crippen molar-refractivity contribution in [3.8, 4) is 28.4 Å². The molecule has 1 aliphatic heterocycles. The van der Waals surface area contributed by atoms with Gasteiger partial charge in [0.2, 0.25) is 17.1 Å². The van der Waals surface area contributed by atoms with Crippen molar-refractivity contribution in [1.29, 1.82) is 0 Å². The summed E-state index contributed by atoms with van der Waals surface area (Å²) in [6.07, 6.45) is 4.30. The van der Waals surface area contributed by atoms with Crippen molar-refractivity contribution in [1.82, 2.24) is 0 Å². The number of hydrogen-bond donors (Lipinski definition) is 1. The normalized spacial score (nSPS) is 18.2. The predicted molar refractivity (Wildman–Crippen MR) is 114 cm³/mol. The maximum Gasteiger partial charge on any atom is 0.350 e. The van der Waals surface area contributed by atoms with Crippen molar-refractivity contribution in [3.05, 3.63) is 41.5 Å². The standard InChI is InChI=1S/C24H23NO7/c1-25-32-19-8-7-17(15-5-6-18-16(11-15)13-29-22(18)27)21(20(19)26)31-24(9-10-24)23(28)30-12-14-3-2-4-14/h5-8,11,14,26H,1-4,9-10,12-13H2. The molecule has 1 heterocycles. The number of oxime groups is 1. The molecule has 2 aromatic rings. The molecular weight excluding hydrogens is 414 g/mol. The van der Waals surface area contributed by atoms with Gasteiger partial charge in [0.05, 0.1) is 12.2 Å². The highest BCUT2D eigenvalue weighted by Gasteiger charge is 2.55. The zero-order chi connectivity index (χ0) is 22.3. The fourth-order valence-corrected chi connectivity index (χ4v) is 3.97. The van der Waals surface area contributed by atoms with E-state index in [1.165, 1.54) is 12.5 Å². The van der Waals surface area contributed by atoms with Gasteiger partial charge in [0, 0.05) is 30.7 Å². The van der Waals surface area contributed by atoms with E-state index in [1.54, 1.807) is 18.2 Å². The zero-order valence-corrected chi connectivity index (χ0v) is 17.5. The third-order valence-electron chi connectivity index (χ3n) is 6.30. The fourth-order valence-electron chi connectivity index (χ4n) is 3.97. The van der Waals surface area contributed by atoms with Gasteiger partial charge in [-0.3, -0.25) is 0 Å². The van der Waals surface area contributed by atoms with Crippen molar-refractivity contribution in [2.45, 2.75) is 44.3 Å². The third kappa shape index (κ3) is 3.55. The Hall–Kier alpha value is -3.55. The molecule has 0 amide bonds. The number of ether oxygens (including phenoxy) is 3. The topological polar surface area (TPSA) is 104 Å². The van der Waals surface area contributed by atoms with Gasteiger partial charge in [0.1, 0.15) is 6.61 Å². The number of fused-ring (bicyclic) bond motifs is 1. The summed E-state index contributed by atoms with van der Waals surface area (Å²) in [6, 6.07) is 8.47. The van der Waals surface area contributed by atoms with Crippen LogP contribution in [0.5, 0.6) is 17.2 Å². The molecule has 5 rings (SSSR count). The molecule has 2 fully saturated rings. The minimum absolute atomic E-state index is 0.0528. The zero-order valence-electron chi connectivity index (χ0n) is 17.5. The van der Waals surface area contributed by atoms with Gasteiger partial charge in [-0.05, 0) is 48.6 Å². The van der Waals surface area contributed by atoms with Crippen molar-refractivity contribution in [2.24, 2.45) is 11.1 Å². The Kier molecular flexibility index (Phi) is 5.00. The number of carbonyl (C=O) groups is 2. The maximum absolute atomic E-state index is 12.8. The first-order chi connectivity index (χ1) is 15.5. The van der Waals surface area contributed by atoms with Crippen LogP contribution in [0.15, 0.2) is 35.5 Å². The summed E-state index contributed by atoms with van der Waals surface area (Å²) < 4.78 is 16.7. The first-order valence-electron chi connectivity index (χ1n) is 10.7. The highest BCUT2D eigenvalue weighted by Crippen LogP contribution is 2.50. The quantitative estimate of drug-likeness (QED) is 0.378. The van der Waals surface area contributed by atoms with Crippen LogP contribution in [-0.4, -0.2) is 36.0 Å². The van der Waals surface area contributed by atoms with E-state index in [1.807, 2.05) is 6.07 Å². The second-order valence-electron chi connectivity index (χ2n) is 8.45. The highest BCUT2D eigenvalue weighted by molar-refractivity contribution is 5.94. The smallest absolute Gasteiger partial charge is 0.350 e. The lowest BCUT2D eigenvalue weighted by Crippen LogP contribution is -2.34. The van der Waals surface area contributed by atoms with E-state index in [-0.39, 0.29) is 29.8 Å². The number of rotatable bonds is 8. The predicted octanol–water partition coefficient (Wildman–Crippen LogP) is 3.98. The SMILES string of the molecule is C=NOc1ccc(-c2ccc3c(c2)COC3=O)c(OC2(C(=O)OCC3CCC3)CC2)c1O. The lowest BCUT2D eigenvalue weighted by atomic mass is 9.86. The van der Waals surface area contributed by atoms with Crippen LogP contribution in [0.25, 0.3) is 11.1 Å². The van der Waals surface area contributed by atoms with Crippen molar-refractivity contribution < 1.29 is 33.7 Å². The van der Waals surface area contributed by atoms with Gasteiger partial charge in [-0.1, -0.05) is 17.6 Å². The average Bonchev–Trinajstić information content (AvgIpc) is 3.46. The summed E-state index contributed by atoms with van der Waals surface area (Å²) in [5.41, 5.74) is 1.36. The molecule has 0 saturated heterocycles. The van der Waals surface area contributed by atoms with Gasteiger partial charge in [-0.2, -0.15) is 0 Å². The van der Waals surface area contributed by atoms with Crippen molar-refractivity contribution in [3.63, 3.8) is 0 Å². The highest BCUT2D eigenvalue weighted by atomic mass is 16.6. The summed E-state index contributed by atoms with van der Waals surface area (Å²) >= 11 is 0. The number of phenolic OH excluding ortho intramolecular Hbond substituents is 1. The Labute approximate surface area is 184 Å². The van der Waals surface area contributed by atoms with Crippen LogP contribution in [0.3, 0.4) is 0 Å². The number of aromatic hydroxyl groups is 1. The van der Waals surface area contributed by atoms with Crippen LogP contribution in [-0.2, 0) is 20.9 Å². The van der Waals surface area contributed by atoms with E-state index in [0.717, 1.165) is 18.4 Å². The molecule has 1 N–H and O–H groups in total. The molecule has 2 aliphatic carbocycles. The van der Waals surface area contributed by atoms with Gasteiger partial charge in [0.25, 0.3) is 0 Å². The van der Waals surface area contributed by atoms with Gasteiger partial charge in [-0.15, -0.1) is 0 Å². The van der Waals surface area contributed by atoms with Crippen LogP contribution in [0.2, 0.25) is 0 Å². The van der Waals surface area contributed by atoms with Crippen molar-refractivity contribution in [2.75, 3.05) is 6.61 Å². The fraction of sp³-hybridized carbons (Fsp3) is 0.375. The second-order valence-corrected chi connectivity index (χ2v) is 8.45. The van der Waals surface area contributed by atoms with E-state index in [4.69, 9.17) is 19.0 Å². The maximum atomic E-state index is 12.8. The van der Waals surface area contributed by atoms with E-state index in [0.29, 0.717) is 42.1 Å². The molecule has 0 spiro atoms. The lowest BCUT2D eigenvalue weighted by molar-refractivity contribution is -0.156. The number of nitrogens with zero attached hydrogens (tertiary/aromatic N) is 1. The summed E-state index contributed by atoms with van der Waals surface area (Å²) in [4.78, 5) is 29.6. The molecule has 0 unspecified atom stereocenters. The molecule has 2 aromatic carbocycles. The molecule has 166 valence electrons. The van der Waals surface area contributed by atoms with Crippen LogP contribution in [0, 0.1) is 5.92 Å². The molecule has 0 radical (unpaired) electrons. The first-order valence-corrected chi connectivity index (χ1v) is 10.7. The molecule has 2 saturated carbocycles.